The number of aryl methyl sites for hydroxylation is 1. The highest BCUT2D eigenvalue weighted by Crippen LogP contribution is 2.12. The Balaban J connectivity index is 1.16. The Morgan fingerprint density at radius 2 is 1.83 bits per heavy atom. The minimum absolute atomic E-state index is 0.0339. The standard InChI is InChI=1S/C22H23N7O/c30-21(8-4-17-29-26-22(25-27-29)19-6-2-1-3-7-19)23-15-13-18-9-11-20(12-10-18)28-16-5-14-24-28/h1-3,5-7,9-12,14,16H,4,8,13,15,17H2,(H,23,30). The molecule has 0 bridgehead atoms. The number of hydrogen-bond donors (Lipinski definition) is 1. The molecule has 4 rings (SSSR count). The van der Waals surface area contributed by atoms with Crippen molar-refractivity contribution < 1.29 is 4.79 Å². The maximum atomic E-state index is 12.1. The second-order valence-electron chi connectivity index (χ2n) is 6.90. The van der Waals surface area contributed by atoms with Crippen molar-refractivity contribution in [2.45, 2.75) is 25.8 Å². The smallest absolute Gasteiger partial charge is 0.220 e. The molecule has 8 nitrogen and oxygen atoms in total. The van der Waals surface area contributed by atoms with Gasteiger partial charge >= 0.3 is 0 Å². The SMILES string of the molecule is O=C(CCCn1nnc(-c2ccccc2)n1)NCCc1ccc(-n2cccn2)cc1. The van der Waals surface area contributed by atoms with E-state index < -0.39 is 0 Å². The van der Waals surface area contributed by atoms with Gasteiger partial charge in [0.2, 0.25) is 11.7 Å². The number of benzene rings is 2. The Kier molecular flexibility index (Phi) is 6.24. The molecule has 0 aliphatic heterocycles. The van der Waals surface area contributed by atoms with E-state index in [1.807, 2.05) is 59.4 Å². The average Bonchev–Trinajstić information content (AvgIpc) is 3.48. The van der Waals surface area contributed by atoms with E-state index in [2.05, 4.69) is 38.0 Å². The molecule has 30 heavy (non-hydrogen) atoms. The number of rotatable bonds is 9. The summed E-state index contributed by atoms with van der Waals surface area (Å²) in [5, 5.41) is 19.7. The zero-order valence-corrected chi connectivity index (χ0v) is 16.6. The van der Waals surface area contributed by atoms with E-state index in [0.717, 1.165) is 17.7 Å². The summed E-state index contributed by atoms with van der Waals surface area (Å²) in [7, 11) is 0. The van der Waals surface area contributed by atoms with E-state index >= 15 is 0 Å². The van der Waals surface area contributed by atoms with Crippen LogP contribution in [0.15, 0.2) is 73.1 Å². The van der Waals surface area contributed by atoms with Crippen molar-refractivity contribution in [2.75, 3.05) is 6.54 Å². The molecular weight excluding hydrogens is 378 g/mol. The Labute approximate surface area is 174 Å². The molecule has 0 fully saturated rings. The summed E-state index contributed by atoms with van der Waals surface area (Å²) in [5.74, 6) is 0.630. The van der Waals surface area contributed by atoms with Gasteiger partial charge in [-0.2, -0.15) is 9.90 Å². The number of hydrogen-bond acceptors (Lipinski definition) is 5. The Morgan fingerprint density at radius 3 is 2.60 bits per heavy atom. The minimum atomic E-state index is 0.0339. The molecule has 8 heteroatoms. The molecular formula is C22H23N7O. The molecule has 2 aromatic heterocycles. The van der Waals surface area contributed by atoms with Gasteiger partial charge in [-0.15, -0.1) is 10.2 Å². The lowest BCUT2D eigenvalue weighted by Crippen LogP contribution is -2.25. The van der Waals surface area contributed by atoms with Crippen molar-refractivity contribution in [3.05, 3.63) is 78.6 Å². The quantitative estimate of drug-likeness (QED) is 0.466. The molecule has 0 unspecified atom stereocenters. The van der Waals surface area contributed by atoms with E-state index in [1.54, 1.807) is 6.20 Å². The largest absolute Gasteiger partial charge is 0.356 e. The van der Waals surface area contributed by atoms with Gasteiger partial charge in [0.25, 0.3) is 0 Å². The number of nitrogens with one attached hydrogen (secondary N) is 1. The van der Waals surface area contributed by atoms with Gasteiger partial charge in [-0.3, -0.25) is 4.79 Å². The molecule has 1 amide bonds. The van der Waals surface area contributed by atoms with Gasteiger partial charge in [-0.05, 0) is 41.8 Å². The number of carbonyl (C=O) groups is 1. The van der Waals surface area contributed by atoms with E-state index in [1.165, 1.54) is 10.4 Å². The van der Waals surface area contributed by atoms with Gasteiger partial charge in [-0.25, -0.2) is 4.68 Å². The van der Waals surface area contributed by atoms with Gasteiger partial charge in [0.05, 0.1) is 12.2 Å². The van der Waals surface area contributed by atoms with Crippen LogP contribution in [0, 0.1) is 0 Å². The first-order chi connectivity index (χ1) is 14.8. The fourth-order valence-electron chi connectivity index (χ4n) is 3.09. The highest BCUT2D eigenvalue weighted by molar-refractivity contribution is 5.75. The van der Waals surface area contributed by atoms with Crippen LogP contribution in [0.3, 0.4) is 0 Å². The summed E-state index contributed by atoms with van der Waals surface area (Å²) < 4.78 is 1.82. The molecule has 2 heterocycles. The molecule has 0 aliphatic rings. The van der Waals surface area contributed by atoms with Crippen LogP contribution in [-0.4, -0.2) is 42.4 Å². The summed E-state index contributed by atoms with van der Waals surface area (Å²) in [6.07, 6.45) is 5.54. The number of aromatic nitrogens is 6. The third-order valence-electron chi connectivity index (χ3n) is 4.69. The topological polar surface area (TPSA) is 90.5 Å². The maximum Gasteiger partial charge on any atom is 0.220 e. The molecule has 1 N–H and O–H groups in total. The van der Waals surface area contributed by atoms with Crippen LogP contribution in [0.2, 0.25) is 0 Å². The lowest BCUT2D eigenvalue weighted by Gasteiger charge is -2.06. The maximum absolute atomic E-state index is 12.1. The molecule has 0 saturated carbocycles. The van der Waals surface area contributed by atoms with E-state index in [4.69, 9.17) is 0 Å². The normalized spacial score (nSPS) is 10.8. The van der Waals surface area contributed by atoms with E-state index in [-0.39, 0.29) is 5.91 Å². The summed E-state index contributed by atoms with van der Waals surface area (Å²) in [6, 6.07) is 19.8. The van der Waals surface area contributed by atoms with Crippen molar-refractivity contribution in [2.24, 2.45) is 0 Å². The van der Waals surface area contributed by atoms with Crippen molar-refractivity contribution in [3.8, 4) is 17.1 Å². The lowest BCUT2D eigenvalue weighted by molar-refractivity contribution is -0.121. The zero-order valence-electron chi connectivity index (χ0n) is 16.6. The summed E-state index contributed by atoms with van der Waals surface area (Å²) in [6.45, 7) is 1.17. The summed E-state index contributed by atoms with van der Waals surface area (Å²) in [5.41, 5.74) is 3.12. The van der Waals surface area contributed by atoms with Crippen molar-refractivity contribution in [1.82, 2.24) is 35.3 Å². The van der Waals surface area contributed by atoms with Gasteiger partial charge in [0, 0.05) is 30.9 Å². The summed E-state index contributed by atoms with van der Waals surface area (Å²) in [4.78, 5) is 13.6. The molecule has 0 radical (unpaired) electrons. The first kappa shape index (κ1) is 19.5. The minimum Gasteiger partial charge on any atom is -0.356 e. The fourth-order valence-corrected chi connectivity index (χ4v) is 3.09. The molecule has 4 aromatic rings. The van der Waals surface area contributed by atoms with Crippen LogP contribution in [0.4, 0.5) is 0 Å². The van der Waals surface area contributed by atoms with Gasteiger partial charge in [0.15, 0.2) is 0 Å². The van der Waals surface area contributed by atoms with Gasteiger partial charge in [-0.1, -0.05) is 42.5 Å². The molecule has 2 aromatic carbocycles. The first-order valence-electron chi connectivity index (χ1n) is 9.97. The van der Waals surface area contributed by atoms with Crippen LogP contribution in [0.5, 0.6) is 0 Å². The highest BCUT2D eigenvalue weighted by Gasteiger charge is 2.06. The second kappa shape index (κ2) is 9.60. The Morgan fingerprint density at radius 1 is 1.00 bits per heavy atom. The van der Waals surface area contributed by atoms with Crippen molar-refractivity contribution in [1.29, 1.82) is 0 Å². The number of carbonyl (C=O) groups excluding carboxylic acids is 1. The first-order valence-corrected chi connectivity index (χ1v) is 9.97. The lowest BCUT2D eigenvalue weighted by atomic mass is 10.1. The molecule has 0 spiro atoms. The third kappa shape index (κ3) is 5.16. The molecule has 0 aliphatic carbocycles. The number of tetrazole rings is 1. The molecule has 152 valence electrons. The van der Waals surface area contributed by atoms with Crippen LogP contribution in [-0.2, 0) is 17.8 Å². The summed E-state index contributed by atoms with van der Waals surface area (Å²) >= 11 is 0. The highest BCUT2D eigenvalue weighted by atomic mass is 16.1. The van der Waals surface area contributed by atoms with Crippen LogP contribution >= 0.6 is 0 Å². The van der Waals surface area contributed by atoms with E-state index in [0.29, 0.717) is 31.8 Å². The fraction of sp³-hybridized carbons (Fsp3) is 0.227. The number of amides is 1. The van der Waals surface area contributed by atoms with Crippen LogP contribution in [0.1, 0.15) is 18.4 Å². The van der Waals surface area contributed by atoms with E-state index in [9.17, 15) is 4.79 Å². The number of nitrogens with zero attached hydrogens (tertiary/aromatic N) is 6. The molecule has 0 saturated heterocycles. The van der Waals surface area contributed by atoms with Crippen molar-refractivity contribution >= 4 is 5.91 Å². The van der Waals surface area contributed by atoms with Gasteiger partial charge in [0.1, 0.15) is 0 Å². The van der Waals surface area contributed by atoms with Gasteiger partial charge < -0.3 is 5.32 Å². The van der Waals surface area contributed by atoms with Crippen LogP contribution in [0.25, 0.3) is 17.1 Å². The monoisotopic (exact) mass is 401 g/mol. The predicted octanol–water partition coefficient (Wildman–Crippen LogP) is 2.66. The second-order valence-corrected chi connectivity index (χ2v) is 6.90. The third-order valence-corrected chi connectivity index (χ3v) is 4.69. The predicted molar refractivity (Wildman–Crippen MR) is 113 cm³/mol. The Bertz CT molecular complexity index is 1060. The average molecular weight is 401 g/mol. The molecule has 0 atom stereocenters. The Hall–Kier alpha value is -3.81. The van der Waals surface area contributed by atoms with Crippen molar-refractivity contribution in [3.63, 3.8) is 0 Å². The zero-order chi connectivity index (χ0) is 20.6. The van der Waals surface area contributed by atoms with Crippen LogP contribution < -0.4 is 5.32 Å².